The van der Waals surface area contributed by atoms with Crippen LogP contribution in [0.3, 0.4) is 0 Å². The number of hydrogen-bond donors (Lipinski definition) is 1. The lowest BCUT2D eigenvalue weighted by molar-refractivity contribution is -0.142. The molecule has 1 N–H and O–H groups in total. The van der Waals surface area contributed by atoms with Crippen molar-refractivity contribution in [3.63, 3.8) is 0 Å². The molecule has 1 heterocycles. The van der Waals surface area contributed by atoms with E-state index in [-0.39, 0.29) is 18.9 Å². The Morgan fingerprint density at radius 1 is 1.10 bits per heavy atom. The number of hydrogen-bond acceptors (Lipinski definition) is 7. The number of carbonyl (C=O) groups is 2. The molecule has 0 atom stereocenters. The highest BCUT2D eigenvalue weighted by Gasteiger charge is 2.11. The third kappa shape index (κ3) is 5.90. The van der Waals surface area contributed by atoms with Crippen molar-refractivity contribution in [2.24, 2.45) is 0 Å². The lowest BCUT2D eigenvalue weighted by atomic mass is 10.1. The maximum atomic E-state index is 12.2. The van der Waals surface area contributed by atoms with Gasteiger partial charge in [0.05, 0.1) is 7.11 Å². The van der Waals surface area contributed by atoms with Crippen LogP contribution in [-0.4, -0.2) is 35.8 Å². The topological polar surface area (TPSA) is 104 Å². The minimum Gasteiger partial charge on any atom is -0.482 e. The van der Waals surface area contributed by atoms with Crippen LogP contribution in [0.4, 0.5) is 5.69 Å². The molecule has 1 aromatic heterocycles. The molecule has 0 aliphatic carbocycles. The largest absolute Gasteiger partial charge is 0.482 e. The summed E-state index contributed by atoms with van der Waals surface area (Å²) in [6.45, 7) is 1.80. The van der Waals surface area contributed by atoms with Crippen LogP contribution in [0.5, 0.6) is 5.75 Å². The summed E-state index contributed by atoms with van der Waals surface area (Å²) in [6.07, 6.45) is 0.506. The molecule has 2 aromatic carbocycles. The Bertz CT molecular complexity index is 982. The number of carbonyl (C=O) groups excluding carboxylic acids is 2. The number of benzene rings is 2. The van der Waals surface area contributed by atoms with Gasteiger partial charge in [-0.2, -0.15) is 0 Å². The second kappa shape index (κ2) is 9.50. The fourth-order valence-electron chi connectivity index (χ4n) is 2.48. The molecular formula is C21H21N3O5. The van der Waals surface area contributed by atoms with Crippen LogP contribution in [0.15, 0.2) is 52.9 Å². The van der Waals surface area contributed by atoms with Crippen molar-refractivity contribution in [3.8, 4) is 17.2 Å². The number of aromatic nitrogens is 2. The van der Waals surface area contributed by atoms with Crippen LogP contribution in [-0.2, 0) is 20.7 Å². The van der Waals surface area contributed by atoms with Crippen molar-refractivity contribution >= 4 is 17.6 Å². The highest BCUT2D eigenvalue weighted by atomic mass is 16.6. The second-order valence-corrected chi connectivity index (χ2v) is 6.31. The first kappa shape index (κ1) is 20.1. The summed E-state index contributed by atoms with van der Waals surface area (Å²) in [6, 6.07) is 14.5. The summed E-state index contributed by atoms with van der Waals surface area (Å²) in [7, 11) is 1.29. The summed E-state index contributed by atoms with van der Waals surface area (Å²) in [5.41, 5.74) is 2.54. The Balaban J connectivity index is 1.51. The molecule has 0 fully saturated rings. The maximum absolute atomic E-state index is 12.2. The summed E-state index contributed by atoms with van der Waals surface area (Å²) in [5, 5.41) is 10.8. The average Bonchev–Trinajstić information content (AvgIpc) is 3.20. The highest BCUT2D eigenvalue weighted by molar-refractivity contribution is 5.91. The number of amides is 1. The number of aryl methyl sites for hydroxylation is 2. The van der Waals surface area contributed by atoms with Gasteiger partial charge in [-0.25, -0.2) is 4.79 Å². The van der Waals surface area contributed by atoms with E-state index in [0.29, 0.717) is 29.6 Å². The molecule has 0 saturated carbocycles. The normalized spacial score (nSPS) is 10.4. The second-order valence-electron chi connectivity index (χ2n) is 6.31. The molecule has 0 aliphatic rings. The number of rotatable bonds is 8. The van der Waals surface area contributed by atoms with Crippen molar-refractivity contribution in [1.82, 2.24) is 10.2 Å². The zero-order valence-electron chi connectivity index (χ0n) is 16.2. The predicted molar refractivity (Wildman–Crippen MR) is 105 cm³/mol. The zero-order chi connectivity index (χ0) is 20.6. The molecule has 8 nitrogen and oxygen atoms in total. The molecular weight excluding hydrogens is 374 g/mol. The monoisotopic (exact) mass is 395 g/mol. The van der Waals surface area contributed by atoms with Crippen LogP contribution >= 0.6 is 0 Å². The van der Waals surface area contributed by atoms with Gasteiger partial charge in [0, 0.05) is 30.2 Å². The Hall–Kier alpha value is -3.68. The van der Waals surface area contributed by atoms with E-state index in [1.54, 1.807) is 24.3 Å². The van der Waals surface area contributed by atoms with Gasteiger partial charge in [-0.1, -0.05) is 23.8 Å². The first-order valence-corrected chi connectivity index (χ1v) is 9.02. The Morgan fingerprint density at radius 3 is 2.66 bits per heavy atom. The first-order chi connectivity index (χ1) is 14.0. The summed E-state index contributed by atoms with van der Waals surface area (Å²) < 4.78 is 15.5. The number of nitrogens with zero attached hydrogens (tertiary/aromatic N) is 2. The summed E-state index contributed by atoms with van der Waals surface area (Å²) in [5.74, 6) is 0.587. The number of esters is 1. The fraction of sp³-hybridized carbons (Fsp3) is 0.238. The minimum absolute atomic E-state index is 0.183. The molecule has 3 rings (SSSR count). The number of methoxy groups -OCH3 is 1. The Morgan fingerprint density at radius 2 is 1.90 bits per heavy atom. The SMILES string of the molecule is COC(=O)COc1cccc(NC(=O)CCc2nnc(-c3ccc(C)cc3)o2)c1. The van der Waals surface area contributed by atoms with E-state index in [0.717, 1.165) is 11.1 Å². The summed E-state index contributed by atoms with van der Waals surface area (Å²) >= 11 is 0. The van der Waals surface area contributed by atoms with Gasteiger partial charge in [-0.3, -0.25) is 4.79 Å². The molecule has 0 aliphatic heterocycles. The lowest BCUT2D eigenvalue weighted by Crippen LogP contribution is -2.14. The van der Waals surface area contributed by atoms with E-state index in [4.69, 9.17) is 9.15 Å². The van der Waals surface area contributed by atoms with Crippen molar-refractivity contribution in [3.05, 3.63) is 60.0 Å². The lowest BCUT2D eigenvalue weighted by Gasteiger charge is -2.08. The molecule has 8 heteroatoms. The Kier molecular flexibility index (Phi) is 6.57. The number of nitrogens with one attached hydrogen (secondary N) is 1. The molecule has 1 amide bonds. The number of anilines is 1. The zero-order valence-corrected chi connectivity index (χ0v) is 16.2. The maximum Gasteiger partial charge on any atom is 0.343 e. The molecule has 150 valence electrons. The van der Waals surface area contributed by atoms with Crippen molar-refractivity contribution in [2.75, 3.05) is 19.0 Å². The standard InChI is InChI=1S/C21H21N3O5/c1-14-6-8-15(9-7-14)21-24-23-19(29-21)11-10-18(25)22-16-4-3-5-17(12-16)28-13-20(26)27-2/h3-9,12H,10-11,13H2,1-2H3,(H,22,25). The van der Waals surface area contributed by atoms with Crippen LogP contribution in [0, 0.1) is 6.92 Å². The molecule has 0 unspecified atom stereocenters. The Labute approximate surface area is 167 Å². The van der Waals surface area contributed by atoms with E-state index in [1.807, 2.05) is 31.2 Å². The van der Waals surface area contributed by atoms with Gasteiger partial charge in [0.2, 0.25) is 17.7 Å². The van der Waals surface area contributed by atoms with Crippen LogP contribution in [0.2, 0.25) is 0 Å². The minimum atomic E-state index is -0.482. The third-order valence-corrected chi connectivity index (χ3v) is 4.03. The van der Waals surface area contributed by atoms with E-state index in [2.05, 4.69) is 20.3 Å². The smallest absolute Gasteiger partial charge is 0.343 e. The van der Waals surface area contributed by atoms with Gasteiger partial charge in [0.1, 0.15) is 5.75 Å². The molecule has 0 bridgehead atoms. The van der Waals surface area contributed by atoms with Gasteiger partial charge >= 0.3 is 5.97 Å². The van der Waals surface area contributed by atoms with E-state index >= 15 is 0 Å². The quantitative estimate of drug-likeness (QED) is 0.584. The van der Waals surface area contributed by atoms with Crippen molar-refractivity contribution < 1.29 is 23.5 Å². The predicted octanol–water partition coefficient (Wildman–Crippen LogP) is 3.17. The molecule has 0 spiro atoms. The van der Waals surface area contributed by atoms with Gasteiger partial charge in [0.15, 0.2) is 6.61 Å². The van der Waals surface area contributed by atoms with Gasteiger partial charge in [0.25, 0.3) is 0 Å². The van der Waals surface area contributed by atoms with Gasteiger partial charge in [-0.05, 0) is 31.2 Å². The average molecular weight is 395 g/mol. The molecule has 0 radical (unpaired) electrons. The van der Waals surface area contributed by atoms with Crippen LogP contribution < -0.4 is 10.1 Å². The summed E-state index contributed by atoms with van der Waals surface area (Å²) in [4.78, 5) is 23.3. The van der Waals surface area contributed by atoms with E-state index < -0.39 is 5.97 Å². The third-order valence-electron chi connectivity index (χ3n) is 4.03. The van der Waals surface area contributed by atoms with E-state index in [1.165, 1.54) is 7.11 Å². The van der Waals surface area contributed by atoms with Crippen LogP contribution in [0.25, 0.3) is 11.5 Å². The van der Waals surface area contributed by atoms with Crippen molar-refractivity contribution in [2.45, 2.75) is 19.8 Å². The molecule has 29 heavy (non-hydrogen) atoms. The van der Waals surface area contributed by atoms with E-state index in [9.17, 15) is 9.59 Å². The molecule has 3 aromatic rings. The number of ether oxygens (including phenoxy) is 2. The van der Waals surface area contributed by atoms with Crippen molar-refractivity contribution in [1.29, 1.82) is 0 Å². The van der Waals surface area contributed by atoms with Gasteiger partial charge < -0.3 is 19.2 Å². The van der Waals surface area contributed by atoms with Gasteiger partial charge in [-0.15, -0.1) is 10.2 Å². The molecule has 0 saturated heterocycles. The van der Waals surface area contributed by atoms with Crippen LogP contribution in [0.1, 0.15) is 17.9 Å². The first-order valence-electron chi connectivity index (χ1n) is 9.02. The highest BCUT2D eigenvalue weighted by Crippen LogP contribution is 2.20. The fourth-order valence-corrected chi connectivity index (χ4v) is 2.48.